The molecule has 2 aromatic rings. The van der Waals surface area contributed by atoms with Crippen LogP contribution in [0.5, 0.6) is 0 Å². The molecule has 1 aliphatic rings. The first-order valence-electron chi connectivity index (χ1n) is 7.53. The Labute approximate surface area is 150 Å². The molecular formula is C15H16ClN5O3S. The lowest BCUT2D eigenvalue weighted by Crippen LogP contribution is -2.38. The fourth-order valence-electron chi connectivity index (χ4n) is 2.23. The van der Waals surface area contributed by atoms with Gasteiger partial charge in [-0.1, -0.05) is 11.6 Å². The fraction of sp³-hybridized carbons (Fsp3) is 0.267. The van der Waals surface area contributed by atoms with Crippen molar-refractivity contribution in [3.63, 3.8) is 0 Å². The van der Waals surface area contributed by atoms with Gasteiger partial charge in [0.25, 0.3) is 10.0 Å². The average molecular weight is 382 g/mol. The van der Waals surface area contributed by atoms with Crippen molar-refractivity contribution in [1.29, 1.82) is 0 Å². The van der Waals surface area contributed by atoms with Crippen molar-refractivity contribution in [2.75, 3.05) is 28.0 Å². The van der Waals surface area contributed by atoms with Crippen molar-refractivity contribution >= 4 is 45.0 Å². The van der Waals surface area contributed by atoms with Gasteiger partial charge in [0.1, 0.15) is 11.0 Å². The first-order valence-corrected chi connectivity index (χ1v) is 9.40. The smallest absolute Gasteiger partial charge is 0.263 e. The Bertz CT molecular complexity index is 898. The van der Waals surface area contributed by atoms with Crippen LogP contribution in [0.4, 0.5) is 17.5 Å². The minimum absolute atomic E-state index is 0.0434. The highest BCUT2D eigenvalue weighted by Gasteiger charge is 2.20. The van der Waals surface area contributed by atoms with E-state index in [1.54, 1.807) is 0 Å². The third-order valence-electron chi connectivity index (χ3n) is 3.55. The molecule has 0 unspecified atom stereocenters. The summed E-state index contributed by atoms with van der Waals surface area (Å²) in [5.41, 5.74) is 0.511. The molecule has 1 aromatic carbocycles. The predicted octanol–water partition coefficient (Wildman–Crippen LogP) is 2.10. The highest BCUT2D eigenvalue weighted by molar-refractivity contribution is 7.92. The third-order valence-corrected chi connectivity index (χ3v) is 5.11. The molecule has 0 aliphatic carbocycles. The SMILES string of the molecule is CC(=O)Nc1ccc(S(=O)(=O)Nc2cc(Cl)nc(N3CCC3)n2)cc1. The zero-order valence-electron chi connectivity index (χ0n) is 13.4. The van der Waals surface area contributed by atoms with Crippen LogP contribution in [0.3, 0.4) is 0 Å². The largest absolute Gasteiger partial charge is 0.341 e. The van der Waals surface area contributed by atoms with Crippen LogP contribution in [0.25, 0.3) is 0 Å². The van der Waals surface area contributed by atoms with Gasteiger partial charge in [-0.15, -0.1) is 0 Å². The van der Waals surface area contributed by atoms with Gasteiger partial charge in [0.15, 0.2) is 0 Å². The molecule has 0 radical (unpaired) electrons. The van der Waals surface area contributed by atoms with E-state index in [1.807, 2.05) is 4.90 Å². The van der Waals surface area contributed by atoms with Crippen LogP contribution in [0.2, 0.25) is 5.15 Å². The third kappa shape index (κ3) is 4.18. The normalized spacial score (nSPS) is 13.9. The summed E-state index contributed by atoms with van der Waals surface area (Å²) in [5, 5.41) is 2.74. The van der Waals surface area contributed by atoms with Gasteiger partial charge in [-0.3, -0.25) is 9.52 Å². The molecule has 10 heteroatoms. The summed E-state index contributed by atoms with van der Waals surface area (Å²) in [6.45, 7) is 3.01. The lowest BCUT2D eigenvalue weighted by molar-refractivity contribution is -0.114. The Morgan fingerprint density at radius 1 is 1.20 bits per heavy atom. The number of rotatable bonds is 5. The zero-order chi connectivity index (χ0) is 18.0. The number of halogens is 1. The molecule has 1 aliphatic heterocycles. The predicted molar refractivity (Wildman–Crippen MR) is 95.4 cm³/mol. The van der Waals surface area contributed by atoms with Crippen molar-refractivity contribution in [3.8, 4) is 0 Å². The van der Waals surface area contributed by atoms with Crippen LogP contribution in [0.1, 0.15) is 13.3 Å². The van der Waals surface area contributed by atoms with E-state index in [4.69, 9.17) is 11.6 Å². The van der Waals surface area contributed by atoms with Crippen LogP contribution in [-0.4, -0.2) is 37.4 Å². The summed E-state index contributed by atoms with van der Waals surface area (Å²) in [5.74, 6) is 0.271. The van der Waals surface area contributed by atoms with Gasteiger partial charge in [0.2, 0.25) is 11.9 Å². The van der Waals surface area contributed by atoms with Crippen LogP contribution in [0, 0.1) is 0 Å². The van der Waals surface area contributed by atoms with E-state index in [0.29, 0.717) is 11.6 Å². The topological polar surface area (TPSA) is 104 Å². The van der Waals surface area contributed by atoms with Crippen LogP contribution in [-0.2, 0) is 14.8 Å². The van der Waals surface area contributed by atoms with Gasteiger partial charge >= 0.3 is 0 Å². The van der Waals surface area contributed by atoms with E-state index >= 15 is 0 Å². The molecule has 0 atom stereocenters. The monoisotopic (exact) mass is 381 g/mol. The molecule has 1 saturated heterocycles. The number of nitrogens with zero attached hydrogens (tertiary/aromatic N) is 3. The van der Waals surface area contributed by atoms with Gasteiger partial charge in [0, 0.05) is 31.8 Å². The van der Waals surface area contributed by atoms with Crippen molar-refractivity contribution in [2.24, 2.45) is 0 Å². The Balaban J connectivity index is 1.81. The van der Waals surface area contributed by atoms with E-state index in [-0.39, 0.29) is 21.8 Å². The van der Waals surface area contributed by atoms with E-state index in [1.165, 1.54) is 37.3 Å². The molecule has 0 bridgehead atoms. The van der Waals surface area contributed by atoms with Crippen LogP contribution < -0.4 is 14.9 Å². The number of hydrogen-bond donors (Lipinski definition) is 2. The average Bonchev–Trinajstić information content (AvgIpc) is 2.44. The Morgan fingerprint density at radius 2 is 1.88 bits per heavy atom. The zero-order valence-corrected chi connectivity index (χ0v) is 14.9. The summed E-state index contributed by atoms with van der Waals surface area (Å²) in [4.78, 5) is 21.3. The molecule has 3 rings (SSSR count). The summed E-state index contributed by atoms with van der Waals surface area (Å²) in [7, 11) is -3.84. The molecule has 1 amide bonds. The summed E-state index contributed by atoms with van der Waals surface area (Å²) >= 11 is 5.97. The van der Waals surface area contributed by atoms with Crippen molar-refractivity contribution in [2.45, 2.75) is 18.2 Å². The summed E-state index contributed by atoms with van der Waals surface area (Å²) in [6, 6.07) is 7.16. The standard InChI is InChI=1S/C15H16ClN5O3S/c1-10(22)17-11-3-5-12(6-4-11)25(23,24)20-14-9-13(16)18-15(19-14)21-7-2-8-21/h3-6,9H,2,7-8H2,1H3,(H,17,22)(H,18,19,20). The number of sulfonamides is 1. The molecule has 8 nitrogen and oxygen atoms in total. The number of carbonyl (C=O) groups is 1. The molecule has 0 spiro atoms. The molecule has 132 valence electrons. The lowest BCUT2D eigenvalue weighted by Gasteiger charge is -2.30. The van der Waals surface area contributed by atoms with Gasteiger partial charge in [-0.2, -0.15) is 4.98 Å². The van der Waals surface area contributed by atoms with Crippen molar-refractivity contribution in [1.82, 2.24) is 9.97 Å². The van der Waals surface area contributed by atoms with Crippen LogP contribution >= 0.6 is 11.6 Å². The fourth-order valence-corrected chi connectivity index (χ4v) is 3.40. The lowest BCUT2D eigenvalue weighted by atomic mass is 10.2. The number of anilines is 3. The van der Waals surface area contributed by atoms with Gasteiger partial charge in [-0.05, 0) is 30.7 Å². The second-order valence-electron chi connectivity index (χ2n) is 5.53. The Kier molecular flexibility index (Phi) is 4.78. The maximum absolute atomic E-state index is 12.5. The molecule has 2 N–H and O–H groups in total. The molecule has 2 heterocycles. The van der Waals surface area contributed by atoms with E-state index < -0.39 is 10.0 Å². The first kappa shape index (κ1) is 17.4. The molecule has 1 fully saturated rings. The van der Waals surface area contributed by atoms with Gasteiger partial charge in [0.05, 0.1) is 4.90 Å². The van der Waals surface area contributed by atoms with Gasteiger partial charge in [-0.25, -0.2) is 13.4 Å². The number of amides is 1. The second-order valence-corrected chi connectivity index (χ2v) is 7.60. The van der Waals surface area contributed by atoms with Crippen molar-refractivity contribution in [3.05, 3.63) is 35.5 Å². The van der Waals surface area contributed by atoms with Gasteiger partial charge < -0.3 is 10.2 Å². The second kappa shape index (κ2) is 6.85. The highest BCUT2D eigenvalue weighted by atomic mass is 35.5. The molecule has 0 saturated carbocycles. The number of hydrogen-bond acceptors (Lipinski definition) is 6. The first-order chi connectivity index (χ1) is 11.8. The van der Waals surface area contributed by atoms with Crippen LogP contribution in [0.15, 0.2) is 35.2 Å². The number of carbonyl (C=O) groups excluding carboxylic acids is 1. The Hall–Kier alpha value is -2.39. The molecule has 25 heavy (non-hydrogen) atoms. The van der Waals surface area contributed by atoms with E-state index in [9.17, 15) is 13.2 Å². The molecular weight excluding hydrogens is 366 g/mol. The molecule has 1 aromatic heterocycles. The number of nitrogens with one attached hydrogen (secondary N) is 2. The maximum atomic E-state index is 12.5. The van der Waals surface area contributed by atoms with E-state index in [2.05, 4.69) is 20.0 Å². The highest BCUT2D eigenvalue weighted by Crippen LogP contribution is 2.23. The minimum Gasteiger partial charge on any atom is -0.341 e. The maximum Gasteiger partial charge on any atom is 0.263 e. The van der Waals surface area contributed by atoms with Crippen molar-refractivity contribution < 1.29 is 13.2 Å². The van der Waals surface area contributed by atoms with E-state index in [0.717, 1.165) is 19.5 Å². The minimum atomic E-state index is -3.84. The summed E-state index contributed by atoms with van der Waals surface area (Å²) in [6.07, 6.45) is 1.04. The quantitative estimate of drug-likeness (QED) is 0.768. The number of benzene rings is 1. The summed E-state index contributed by atoms with van der Waals surface area (Å²) < 4.78 is 27.4. The Morgan fingerprint density at radius 3 is 2.44 bits per heavy atom. The number of aromatic nitrogens is 2.